The number of hydrogen-bond donors (Lipinski definition) is 1. The van der Waals surface area contributed by atoms with Gasteiger partial charge < -0.3 is 14.8 Å². The van der Waals surface area contributed by atoms with Crippen molar-refractivity contribution in [2.45, 2.75) is 38.1 Å². The normalized spacial score (nSPS) is 20.0. The maximum absolute atomic E-state index is 12.2. The van der Waals surface area contributed by atoms with Gasteiger partial charge in [-0.25, -0.2) is 4.68 Å². The Morgan fingerprint density at radius 1 is 1.35 bits per heavy atom. The van der Waals surface area contributed by atoms with Gasteiger partial charge in [-0.05, 0) is 30.5 Å². The SMILES string of the molecule is COc1ccc([C@@H]2Cn3nnc(C(=O)NC4CC4)c3CO2)cc1. The van der Waals surface area contributed by atoms with Crippen LogP contribution in [-0.4, -0.2) is 34.1 Å². The lowest BCUT2D eigenvalue weighted by Crippen LogP contribution is -2.28. The molecule has 7 nitrogen and oxygen atoms in total. The van der Waals surface area contributed by atoms with E-state index in [1.165, 1.54) is 0 Å². The number of carbonyl (C=O) groups is 1. The molecule has 1 atom stereocenters. The molecule has 1 aromatic carbocycles. The molecule has 2 aliphatic rings. The van der Waals surface area contributed by atoms with Crippen LogP contribution in [0.1, 0.15) is 40.7 Å². The smallest absolute Gasteiger partial charge is 0.274 e. The van der Waals surface area contributed by atoms with Crippen LogP contribution in [-0.2, 0) is 17.9 Å². The van der Waals surface area contributed by atoms with Crippen molar-refractivity contribution in [2.24, 2.45) is 0 Å². The first-order valence-corrected chi connectivity index (χ1v) is 7.73. The summed E-state index contributed by atoms with van der Waals surface area (Å²) >= 11 is 0. The lowest BCUT2D eigenvalue weighted by Gasteiger charge is -2.24. The summed E-state index contributed by atoms with van der Waals surface area (Å²) in [5.41, 5.74) is 2.17. The molecular formula is C16H18N4O3. The third-order valence-corrected chi connectivity index (χ3v) is 4.21. The van der Waals surface area contributed by atoms with Crippen LogP contribution in [0.4, 0.5) is 0 Å². The van der Waals surface area contributed by atoms with E-state index in [9.17, 15) is 4.79 Å². The second-order valence-corrected chi connectivity index (χ2v) is 5.89. The number of aromatic nitrogens is 3. The van der Waals surface area contributed by atoms with Crippen molar-refractivity contribution in [1.82, 2.24) is 20.3 Å². The molecule has 0 bridgehead atoms. The first kappa shape index (κ1) is 14.2. The molecule has 4 rings (SSSR count). The Kier molecular flexibility index (Phi) is 3.49. The van der Waals surface area contributed by atoms with Crippen LogP contribution in [0.15, 0.2) is 24.3 Å². The first-order chi connectivity index (χ1) is 11.2. The summed E-state index contributed by atoms with van der Waals surface area (Å²) in [5, 5.41) is 11.1. The predicted octanol–water partition coefficient (Wildman–Crippen LogP) is 1.45. The number of hydrogen-bond acceptors (Lipinski definition) is 5. The molecule has 2 heterocycles. The zero-order valence-corrected chi connectivity index (χ0v) is 12.9. The van der Waals surface area contributed by atoms with E-state index in [0.29, 0.717) is 24.9 Å². The number of amides is 1. The molecule has 120 valence electrons. The number of nitrogens with zero attached hydrogens (tertiary/aromatic N) is 3. The second-order valence-electron chi connectivity index (χ2n) is 5.89. The van der Waals surface area contributed by atoms with Crippen LogP contribution in [0.2, 0.25) is 0 Å². The van der Waals surface area contributed by atoms with Crippen molar-refractivity contribution < 1.29 is 14.3 Å². The fraction of sp³-hybridized carbons (Fsp3) is 0.438. The zero-order valence-electron chi connectivity index (χ0n) is 12.9. The average Bonchev–Trinajstić information content (AvgIpc) is 3.30. The standard InChI is InChI=1S/C16H18N4O3/c1-22-12-6-2-10(3-7-12)14-8-20-13(9-23-14)15(18-19-20)16(21)17-11-4-5-11/h2-3,6-7,11,14H,4-5,8-9H2,1H3,(H,17,21)/t14-/m0/s1. The van der Waals surface area contributed by atoms with Gasteiger partial charge in [-0.2, -0.15) is 0 Å². The number of carbonyl (C=O) groups excluding carboxylic acids is 1. The van der Waals surface area contributed by atoms with Crippen LogP contribution in [0.3, 0.4) is 0 Å². The Bertz CT molecular complexity index is 721. The molecule has 1 aromatic heterocycles. The largest absolute Gasteiger partial charge is 0.497 e. The Morgan fingerprint density at radius 2 is 2.13 bits per heavy atom. The summed E-state index contributed by atoms with van der Waals surface area (Å²) < 4.78 is 12.8. The Balaban J connectivity index is 1.50. The minimum absolute atomic E-state index is 0.102. The van der Waals surface area contributed by atoms with Gasteiger partial charge in [0.25, 0.3) is 5.91 Å². The molecule has 1 N–H and O–H groups in total. The second kappa shape index (κ2) is 5.66. The van der Waals surface area contributed by atoms with Crippen LogP contribution >= 0.6 is 0 Å². The fourth-order valence-corrected chi connectivity index (χ4v) is 2.69. The summed E-state index contributed by atoms with van der Waals surface area (Å²) in [6.45, 7) is 0.877. The van der Waals surface area contributed by atoms with E-state index in [1.807, 2.05) is 24.3 Å². The molecule has 7 heteroatoms. The minimum atomic E-state index is -0.153. The summed E-state index contributed by atoms with van der Waals surface area (Å²) in [4.78, 5) is 12.2. The average molecular weight is 314 g/mol. The maximum atomic E-state index is 12.2. The van der Waals surface area contributed by atoms with E-state index < -0.39 is 0 Å². The quantitative estimate of drug-likeness (QED) is 0.924. The van der Waals surface area contributed by atoms with Gasteiger partial charge in [-0.3, -0.25) is 4.79 Å². The number of rotatable bonds is 4. The van der Waals surface area contributed by atoms with Crippen molar-refractivity contribution in [3.63, 3.8) is 0 Å². The highest BCUT2D eigenvalue weighted by Crippen LogP contribution is 2.28. The van der Waals surface area contributed by atoms with Crippen LogP contribution < -0.4 is 10.1 Å². The first-order valence-electron chi connectivity index (χ1n) is 7.73. The molecule has 0 spiro atoms. The fourth-order valence-electron chi connectivity index (χ4n) is 2.69. The van der Waals surface area contributed by atoms with Crippen molar-refractivity contribution in [3.05, 3.63) is 41.2 Å². The van der Waals surface area contributed by atoms with Gasteiger partial charge in [0.2, 0.25) is 0 Å². The molecule has 1 aliphatic carbocycles. The molecule has 0 unspecified atom stereocenters. The summed E-state index contributed by atoms with van der Waals surface area (Å²) in [7, 11) is 1.64. The van der Waals surface area contributed by atoms with E-state index in [0.717, 1.165) is 29.8 Å². The van der Waals surface area contributed by atoms with Gasteiger partial charge in [0, 0.05) is 6.04 Å². The molecular weight excluding hydrogens is 296 g/mol. The summed E-state index contributed by atoms with van der Waals surface area (Å²) in [5.74, 6) is 0.658. The van der Waals surface area contributed by atoms with E-state index >= 15 is 0 Å². The van der Waals surface area contributed by atoms with Crippen LogP contribution in [0.25, 0.3) is 0 Å². The predicted molar refractivity (Wildman–Crippen MR) is 81.0 cm³/mol. The van der Waals surface area contributed by atoms with Gasteiger partial charge >= 0.3 is 0 Å². The Morgan fingerprint density at radius 3 is 2.83 bits per heavy atom. The van der Waals surface area contributed by atoms with Crippen LogP contribution in [0.5, 0.6) is 5.75 Å². The monoisotopic (exact) mass is 314 g/mol. The number of methoxy groups -OCH3 is 1. The van der Waals surface area contributed by atoms with E-state index in [-0.39, 0.29) is 12.0 Å². The van der Waals surface area contributed by atoms with Crippen molar-refractivity contribution in [3.8, 4) is 5.75 Å². The molecule has 1 fully saturated rings. The molecule has 23 heavy (non-hydrogen) atoms. The highest BCUT2D eigenvalue weighted by atomic mass is 16.5. The van der Waals surface area contributed by atoms with Gasteiger partial charge in [0.05, 0.1) is 26.0 Å². The minimum Gasteiger partial charge on any atom is -0.497 e. The number of fused-ring (bicyclic) bond motifs is 1. The Hall–Kier alpha value is -2.41. The number of ether oxygens (including phenoxy) is 2. The lowest BCUT2D eigenvalue weighted by molar-refractivity contribution is -0.00179. The van der Waals surface area contributed by atoms with E-state index in [4.69, 9.17) is 9.47 Å². The van der Waals surface area contributed by atoms with Crippen LogP contribution in [0, 0.1) is 0 Å². The topological polar surface area (TPSA) is 78.3 Å². The van der Waals surface area contributed by atoms with Gasteiger partial charge in [0.1, 0.15) is 11.9 Å². The summed E-state index contributed by atoms with van der Waals surface area (Å²) in [6.07, 6.45) is 1.99. The zero-order chi connectivity index (χ0) is 15.8. The number of benzene rings is 1. The van der Waals surface area contributed by atoms with Crippen molar-refractivity contribution in [2.75, 3.05) is 7.11 Å². The van der Waals surface area contributed by atoms with E-state index in [1.54, 1.807) is 11.8 Å². The third kappa shape index (κ3) is 2.79. The highest BCUT2D eigenvalue weighted by molar-refractivity contribution is 5.93. The molecule has 1 saturated carbocycles. The lowest BCUT2D eigenvalue weighted by atomic mass is 10.1. The van der Waals surface area contributed by atoms with Gasteiger partial charge in [0.15, 0.2) is 5.69 Å². The number of nitrogens with one attached hydrogen (secondary N) is 1. The molecule has 0 radical (unpaired) electrons. The molecule has 1 aliphatic heterocycles. The Labute approximate surface area is 133 Å². The van der Waals surface area contributed by atoms with Crippen molar-refractivity contribution >= 4 is 5.91 Å². The molecule has 0 saturated heterocycles. The molecule has 1 amide bonds. The van der Waals surface area contributed by atoms with Gasteiger partial charge in [-0.15, -0.1) is 5.10 Å². The maximum Gasteiger partial charge on any atom is 0.274 e. The highest BCUT2D eigenvalue weighted by Gasteiger charge is 2.30. The summed E-state index contributed by atoms with van der Waals surface area (Å²) in [6, 6.07) is 8.07. The third-order valence-electron chi connectivity index (χ3n) is 4.21. The van der Waals surface area contributed by atoms with E-state index in [2.05, 4.69) is 15.6 Å². The molecule has 2 aromatic rings. The van der Waals surface area contributed by atoms with Crippen molar-refractivity contribution in [1.29, 1.82) is 0 Å². The van der Waals surface area contributed by atoms with Gasteiger partial charge in [-0.1, -0.05) is 17.3 Å².